The number of benzene rings is 3. The van der Waals surface area contributed by atoms with Gasteiger partial charge in [-0.15, -0.1) is 0 Å². The highest BCUT2D eigenvalue weighted by Crippen LogP contribution is 2.29. The summed E-state index contributed by atoms with van der Waals surface area (Å²) in [6.07, 6.45) is -0.817. The van der Waals surface area contributed by atoms with Gasteiger partial charge in [-0.1, -0.05) is 107 Å². The Morgan fingerprint density at radius 3 is 1.52 bits per heavy atom. The lowest BCUT2D eigenvalue weighted by Crippen LogP contribution is -2.54. The quantitative estimate of drug-likeness (QED) is 0.377. The molecule has 4 rings (SSSR count). The summed E-state index contributed by atoms with van der Waals surface area (Å²) in [5.41, 5.74) is 3.34. The SMILES string of the molecule is Br[C@H]1OC[C@@H](OCc2ccccc2)[C@H](OCc2ccccc2)[C@H]1OCc1ccccc1. The van der Waals surface area contributed by atoms with Crippen LogP contribution >= 0.6 is 15.9 Å². The number of alkyl halides is 1. The molecule has 0 aliphatic carbocycles. The van der Waals surface area contributed by atoms with Gasteiger partial charge in [0.25, 0.3) is 0 Å². The predicted octanol–water partition coefficient (Wildman–Crippen LogP) is 5.49. The monoisotopic (exact) mass is 482 g/mol. The standard InChI is InChI=1S/C26H27BrO4/c27-26-25(30-18-22-14-8-3-9-15-22)24(29-17-21-12-6-2-7-13-21)23(19-31-26)28-16-20-10-4-1-5-11-20/h1-15,23-26H,16-19H2/t23-,24+,25-,26+/m1/s1. The van der Waals surface area contributed by atoms with Gasteiger partial charge in [-0.25, -0.2) is 0 Å². The molecule has 1 heterocycles. The minimum Gasteiger partial charge on any atom is -0.368 e. The van der Waals surface area contributed by atoms with Gasteiger partial charge >= 0.3 is 0 Å². The Kier molecular flexibility index (Phi) is 8.27. The van der Waals surface area contributed by atoms with E-state index in [1.807, 2.05) is 54.6 Å². The summed E-state index contributed by atoms with van der Waals surface area (Å²) in [6.45, 7) is 1.90. The van der Waals surface area contributed by atoms with Gasteiger partial charge in [-0.2, -0.15) is 0 Å². The molecule has 0 unspecified atom stereocenters. The molecule has 162 valence electrons. The molecule has 0 radical (unpaired) electrons. The number of halogens is 1. The van der Waals surface area contributed by atoms with Crippen LogP contribution in [0.3, 0.4) is 0 Å². The molecule has 4 atom stereocenters. The van der Waals surface area contributed by atoms with Crippen molar-refractivity contribution in [3.8, 4) is 0 Å². The zero-order valence-corrected chi connectivity index (χ0v) is 18.9. The first-order valence-corrected chi connectivity index (χ1v) is 11.4. The Balaban J connectivity index is 1.46. The molecule has 3 aromatic rings. The van der Waals surface area contributed by atoms with E-state index in [1.165, 1.54) is 0 Å². The van der Waals surface area contributed by atoms with E-state index < -0.39 is 0 Å². The van der Waals surface area contributed by atoms with Crippen molar-refractivity contribution >= 4 is 15.9 Å². The van der Waals surface area contributed by atoms with Gasteiger partial charge in [0, 0.05) is 0 Å². The molecular weight excluding hydrogens is 456 g/mol. The Bertz CT molecular complexity index is 891. The van der Waals surface area contributed by atoms with Crippen molar-refractivity contribution in [2.75, 3.05) is 6.61 Å². The van der Waals surface area contributed by atoms with Gasteiger partial charge in [-0.05, 0) is 16.7 Å². The van der Waals surface area contributed by atoms with Crippen molar-refractivity contribution in [3.05, 3.63) is 108 Å². The third-order valence-corrected chi connectivity index (χ3v) is 6.03. The van der Waals surface area contributed by atoms with Crippen LogP contribution in [0.25, 0.3) is 0 Å². The summed E-state index contributed by atoms with van der Waals surface area (Å²) in [6, 6.07) is 30.4. The van der Waals surface area contributed by atoms with Gasteiger partial charge < -0.3 is 18.9 Å². The molecule has 0 aromatic heterocycles. The highest BCUT2D eigenvalue weighted by atomic mass is 79.9. The number of hydrogen-bond acceptors (Lipinski definition) is 4. The summed E-state index contributed by atoms with van der Waals surface area (Å²) >= 11 is 3.64. The van der Waals surface area contributed by atoms with Crippen LogP contribution in [0.5, 0.6) is 0 Å². The minimum atomic E-state index is -0.307. The first-order valence-electron chi connectivity index (χ1n) is 10.5. The summed E-state index contributed by atoms with van der Waals surface area (Å²) in [5, 5.41) is -0.270. The van der Waals surface area contributed by atoms with Gasteiger partial charge in [0.2, 0.25) is 0 Å². The van der Waals surface area contributed by atoms with Crippen molar-refractivity contribution in [1.82, 2.24) is 0 Å². The zero-order chi connectivity index (χ0) is 21.3. The molecular formula is C26H27BrO4. The third-order valence-electron chi connectivity index (χ3n) is 5.25. The second kappa shape index (κ2) is 11.6. The van der Waals surface area contributed by atoms with Crippen molar-refractivity contribution in [3.63, 3.8) is 0 Å². The number of rotatable bonds is 9. The number of hydrogen-bond donors (Lipinski definition) is 0. The lowest BCUT2D eigenvalue weighted by Gasteiger charge is -2.40. The second-order valence-corrected chi connectivity index (χ2v) is 8.44. The van der Waals surface area contributed by atoms with Crippen LogP contribution in [0, 0.1) is 0 Å². The molecule has 0 amide bonds. The predicted molar refractivity (Wildman–Crippen MR) is 124 cm³/mol. The molecule has 1 aliphatic rings. The van der Waals surface area contributed by atoms with E-state index in [1.54, 1.807) is 0 Å². The van der Waals surface area contributed by atoms with Crippen LogP contribution in [-0.4, -0.2) is 29.9 Å². The summed E-state index contributed by atoms with van der Waals surface area (Å²) in [7, 11) is 0. The fraction of sp³-hybridized carbons (Fsp3) is 0.308. The maximum Gasteiger partial charge on any atom is 0.141 e. The Hall–Kier alpha value is -2.02. The third kappa shape index (κ3) is 6.48. The van der Waals surface area contributed by atoms with Crippen molar-refractivity contribution < 1.29 is 18.9 Å². The van der Waals surface area contributed by atoms with Crippen LogP contribution < -0.4 is 0 Å². The molecule has 1 aliphatic heterocycles. The summed E-state index contributed by atoms with van der Waals surface area (Å²) in [5.74, 6) is 0. The van der Waals surface area contributed by atoms with Crippen LogP contribution in [0.2, 0.25) is 0 Å². The topological polar surface area (TPSA) is 36.9 Å². The smallest absolute Gasteiger partial charge is 0.141 e. The molecule has 31 heavy (non-hydrogen) atoms. The molecule has 1 fully saturated rings. The molecule has 0 saturated carbocycles. The van der Waals surface area contributed by atoms with Crippen LogP contribution in [0.15, 0.2) is 91.0 Å². The largest absolute Gasteiger partial charge is 0.368 e. The Morgan fingerprint density at radius 1 is 0.613 bits per heavy atom. The molecule has 1 saturated heterocycles. The zero-order valence-electron chi connectivity index (χ0n) is 17.3. The maximum absolute atomic E-state index is 6.38. The average Bonchev–Trinajstić information content (AvgIpc) is 2.83. The van der Waals surface area contributed by atoms with Gasteiger partial charge in [0.1, 0.15) is 23.3 Å². The highest BCUT2D eigenvalue weighted by Gasteiger charge is 2.42. The van der Waals surface area contributed by atoms with Gasteiger partial charge in [0.15, 0.2) is 0 Å². The van der Waals surface area contributed by atoms with E-state index in [-0.39, 0.29) is 23.3 Å². The van der Waals surface area contributed by atoms with Crippen LogP contribution in [0.1, 0.15) is 16.7 Å². The molecule has 0 bridgehead atoms. The van der Waals surface area contributed by atoms with Crippen molar-refractivity contribution in [2.45, 2.75) is 43.1 Å². The number of ether oxygens (including phenoxy) is 4. The van der Waals surface area contributed by atoms with Crippen LogP contribution in [0.4, 0.5) is 0 Å². The molecule has 0 spiro atoms. The Morgan fingerprint density at radius 2 is 1.03 bits per heavy atom. The van der Waals surface area contributed by atoms with E-state index >= 15 is 0 Å². The molecule has 5 heteroatoms. The Labute approximate surface area is 192 Å². The first-order chi connectivity index (χ1) is 15.3. The lowest BCUT2D eigenvalue weighted by molar-refractivity contribution is -0.218. The van der Waals surface area contributed by atoms with Crippen LogP contribution in [-0.2, 0) is 38.8 Å². The lowest BCUT2D eigenvalue weighted by atomic mass is 10.1. The first kappa shape index (κ1) is 22.2. The van der Waals surface area contributed by atoms with E-state index in [4.69, 9.17) is 18.9 Å². The maximum atomic E-state index is 6.38. The molecule has 3 aromatic carbocycles. The highest BCUT2D eigenvalue weighted by molar-refractivity contribution is 9.09. The minimum absolute atomic E-state index is 0.238. The van der Waals surface area contributed by atoms with Crippen molar-refractivity contribution in [2.24, 2.45) is 0 Å². The molecule has 4 nitrogen and oxygen atoms in total. The second-order valence-electron chi connectivity index (χ2n) is 7.54. The average molecular weight is 483 g/mol. The van der Waals surface area contributed by atoms with E-state index in [0.717, 1.165) is 16.7 Å². The summed E-state index contributed by atoms with van der Waals surface area (Å²) < 4.78 is 24.9. The van der Waals surface area contributed by atoms with E-state index in [2.05, 4.69) is 52.3 Å². The van der Waals surface area contributed by atoms with Crippen molar-refractivity contribution in [1.29, 1.82) is 0 Å². The molecule has 0 N–H and O–H groups in total. The fourth-order valence-corrected chi connectivity index (χ4v) is 4.17. The normalized spacial score (nSPS) is 23.5. The van der Waals surface area contributed by atoms with Gasteiger partial charge in [-0.3, -0.25) is 0 Å². The summed E-state index contributed by atoms with van der Waals surface area (Å²) in [4.78, 5) is 0. The fourth-order valence-electron chi connectivity index (χ4n) is 3.56. The van der Waals surface area contributed by atoms with E-state index in [0.29, 0.717) is 26.4 Å². The van der Waals surface area contributed by atoms with Gasteiger partial charge in [0.05, 0.1) is 26.4 Å². The van der Waals surface area contributed by atoms with E-state index in [9.17, 15) is 0 Å².